The lowest BCUT2D eigenvalue weighted by atomic mass is 9.66. The third-order valence-corrected chi connectivity index (χ3v) is 7.17. The fourth-order valence-electron chi connectivity index (χ4n) is 5.09. The Morgan fingerprint density at radius 1 is 1.34 bits per heavy atom. The summed E-state index contributed by atoms with van der Waals surface area (Å²) < 4.78 is 5.63. The van der Waals surface area contributed by atoms with Crippen molar-refractivity contribution in [3.8, 4) is 0 Å². The zero-order chi connectivity index (χ0) is 22.9. The van der Waals surface area contributed by atoms with Crippen LogP contribution in [0.4, 0.5) is 17.5 Å². The molecule has 0 spiro atoms. The van der Waals surface area contributed by atoms with Crippen LogP contribution in [0.15, 0.2) is 18.3 Å². The SMILES string of the molecule is C[C@@H]1COCCN1c1cc(C2(O)CCC(C(C)(C)C)CC2)c(C=[NH2+])c(Nc2ccn[nH]2)n1. The van der Waals surface area contributed by atoms with Crippen LogP contribution in [0.25, 0.3) is 0 Å². The van der Waals surface area contributed by atoms with Crippen molar-refractivity contribution in [2.45, 2.75) is 65.0 Å². The van der Waals surface area contributed by atoms with Crippen LogP contribution in [0, 0.1) is 11.3 Å². The molecule has 2 aromatic heterocycles. The van der Waals surface area contributed by atoms with Gasteiger partial charge in [-0.25, -0.2) is 4.98 Å². The summed E-state index contributed by atoms with van der Waals surface area (Å²) in [4.78, 5) is 7.17. The molecule has 8 nitrogen and oxygen atoms in total. The van der Waals surface area contributed by atoms with Gasteiger partial charge in [0.2, 0.25) is 0 Å². The molecule has 0 amide bonds. The first-order valence-corrected chi connectivity index (χ1v) is 11.6. The minimum Gasteiger partial charge on any atom is -0.385 e. The van der Waals surface area contributed by atoms with Gasteiger partial charge in [-0.2, -0.15) is 5.10 Å². The molecule has 4 rings (SSSR count). The number of hydrogen-bond acceptors (Lipinski definition) is 6. The molecule has 2 aromatic rings. The van der Waals surface area contributed by atoms with E-state index in [1.54, 1.807) is 12.4 Å². The second-order valence-corrected chi connectivity index (χ2v) is 10.3. The second-order valence-electron chi connectivity index (χ2n) is 10.3. The van der Waals surface area contributed by atoms with Crippen LogP contribution in [0.3, 0.4) is 0 Å². The summed E-state index contributed by atoms with van der Waals surface area (Å²) in [5, 5.41) is 28.3. The Hall–Kier alpha value is -2.45. The fraction of sp³-hybridized carbons (Fsp3) is 0.625. The van der Waals surface area contributed by atoms with E-state index in [4.69, 9.17) is 15.1 Å². The first-order valence-electron chi connectivity index (χ1n) is 11.6. The average molecular weight is 442 g/mol. The van der Waals surface area contributed by atoms with Crippen molar-refractivity contribution >= 4 is 23.7 Å². The van der Waals surface area contributed by atoms with Crippen molar-refractivity contribution in [2.24, 2.45) is 11.3 Å². The molecule has 1 saturated heterocycles. The summed E-state index contributed by atoms with van der Waals surface area (Å²) in [7, 11) is 0. The zero-order valence-corrected chi connectivity index (χ0v) is 19.7. The van der Waals surface area contributed by atoms with Gasteiger partial charge in [-0.05, 0) is 50.0 Å². The molecule has 5 N–H and O–H groups in total. The predicted octanol–water partition coefficient (Wildman–Crippen LogP) is 2.38. The van der Waals surface area contributed by atoms with Gasteiger partial charge in [0.1, 0.15) is 17.5 Å². The van der Waals surface area contributed by atoms with Crippen molar-refractivity contribution < 1.29 is 15.3 Å². The van der Waals surface area contributed by atoms with Gasteiger partial charge in [-0.15, -0.1) is 0 Å². The topological polar surface area (TPSA) is 112 Å². The fourth-order valence-corrected chi connectivity index (χ4v) is 5.09. The number of H-pyrrole nitrogens is 1. The molecule has 3 heterocycles. The first kappa shape index (κ1) is 22.7. The van der Waals surface area contributed by atoms with Gasteiger partial charge >= 0.3 is 0 Å². The molecule has 0 aromatic carbocycles. The lowest BCUT2D eigenvalue weighted by Gasteiger charge is -2.42. The lowest BCUT2D eigenvalue weighted by Crippen LogP contribution is -2.45. The van der Waals surface area contributed by atoms with Crippen LogP contribution in [-0.2, 0) is 10.3 Å². The molecule has 1 aliphatic carbocycles. The Morgan fingerprint density at radius 2 is 2.09 bits per heavy atom. The lowest BCUT2D eigenvalue weighted by molar-refractivity contribution is -0.105. The van der Waals surface area contributed by atoms with E-state index < -0.39 is 5.60 Å². The Morgan fingerprint density at radius 3 is 2.69 bits per heavy atom. The summed E-state index contributed by atoms with van der Waals surface area (Å²) in [6.07, 6.45) is 6.63. The molecule has 1 aliphatic heterocycles. The van der Waals surface area contributed by atoms with Gasteiger partial charge in [-0.3, -0.25) is 10.5 Å². The van der Waals surface area contributed by atoms with Crippen LogP contribution in [-0.4, -0.2) is 52.3 Å². The maximum absolute atomic E-state index is 11.9. The summed E-state index contributed by atoms with van der Waals surface area (Å²) in [6, 6.07) is 4.08. The monoisotopic (exact) mass is 441 g/mol. The van der Waals surface area contributed by atoms with Crippen LogP contribution in [0.5, 0.6) is 0 Å². The summed E-state index contributed by atoms with van der Waals surface area (Å²) in [6.45, 7) is 11.1. The van der Waals surface area contributed by atoms with E-state index in [0.29, 0.717) is 37.8 Å². The molecule has 174 valence electrons. The third kappa shape index (κ3) is 4.52. The Balaban J connectivity index is 1.76. The van der Waals surface area contributed by atoms with Crippen LogP contribution >= 0.6 is 0 Å². The van der Waals surface area contributed by atoms with Gasteiger partial charge in [0.05, 0.1) is 36.6 Å². The third-order valence-electron chi connectivity index (χ3n) is 7.17. The number of ether oxygens (including phenoxy) is 1. The first-order chi connectivity index (χ1) is 15.2. The highest BCUT2D eigenvalue weighted by molar-refractivity contribution is 5.87. The maximum Gasteiger partial charge on any atom is 0.171 e. The van der Waals surface area contributed by atoms with Crippen LogP contribution in [0.2, 0.25) is 0 Å². The van der Waals surface area contributed by atoms with Crippen molar-refractivity contribution in [1.29, 1.82) is 0 Å². The van der Waals surface area contributed by atoms with E-state index in [2.05, 4.69) is 48.1 Å². The molecule has 1 atom stereocenters. The van der Waals surface area contributed by atoms with E-state index >= 15 is 0 Å². The highest BCUT2D eigenvalue weighted by Crippen LogP contribution is 2.47. The summed E-state index contributed by atoms with van der Waals surface area (Å²) in [5.41, 5.74) is 0.883. The molecular formula is C24H37N6O2+. The largest absolute Gasteiger partial charge is 0.385 e. The number of nitrogens with zero attached hydrogens (tertiary/aromatic N) is 3. The van der Waals surface area contributed by atoms with Crippen LogP contribution < -0.4 is 15.6 Å². The second kappa shape index (κ2) is 8.83. The van der Waals surface area contributed by atoms with Crippen molar-refractivity contribution in [3.05, 3.63) is 29.5 Å². The average Bonchev–Trinajstić information content (AvgIpc) is 3.26. The van der Waals surface area contributed by atoms with E-state index in [9.17, 15) is 5.11 Å². The minimum atomic E-state index is -0.940. The van der Waals surface area contributed by atoms with E-state index in [1.165, 1.54) is 0 Å². The standard InChI is InChI=1S/C24H36N6O2/c1-16-15-32-12-11-30(16)21-13-19(24(31)8-5-17(6-9-24)23(2,3)4)18(14-25)22(28-21)27-20-7-10-26-29-20/h7,10,13-14,16-17,25,31H,5-6,8-9,11-12,15H2,1-4H3,(H2,26,27,28,29)/p+1/t16-,17?,24?/m1/s1. The van der Waals surface area contributed by atoms with Gasteiger partial charge in [0.25, 0.3) is 0 Å². The highest BCUT2D eigenvalue weighted by atomic mass is 16.5. The number of morpholine rings is 1. The molecule has 0 radical (unpaired) electrons. The number of anilines is 3. The molecule has 32 heavy (non-hydrogen) atoms. The number of rotatable bonds is 5. The number of aromatic amines is 1. The van der Waals surface area contributed by atoms with Gasteiger partial charge < -0.3 is 20.1 Å². The molecular weight excluding hydrogens is 404 g/mol. The van der Waals surface area contributed by atoms with Gasteiger partial charge in [-0.1, -0.05) is 20.8 Å². The number of nitrogens with two attached hydrogens (primary N) is 1. The molecule has 1 saturated carbocycles. The summed E-state index contributed by atoms with van der Waals surface area (Å²) >= 11 is 0. The molecule has 0 unspecified atom stereocenters. The van der Waals surface area contributed by atoms with E-state index in [-0.39, 0.29) is 11.5 Å². The van der Waals surface area contributed by atoms with E-state index in [1.807, 2.05) is 12.1 Å². The number of aromatic nitrogens is 3. The molecule has 8 heteroatoms. The van der Waals surface area contributed by atoms with E-state index in [0.717, 1.165) is 42.1 Å². The van der Waals surface area contributed by atoms with Crippen molar-refractivity contribution in [1.82, 2.24) is 15.2 Å². The maximum atomic E-state index is 11.9. The number of pyridine rings is 1. The minimum absolute atomic E-state index is 0.197. The quantitative estimate of drug-likeness (QED) is 0.530. The number of nitrogens with one attached hydrogen (secondary N) is 2. The highest BCUT2D eigenvalue weighted by Gasteiger charge is 2.41. The zero-order valence-electron chi connectivity index (χ0n) is 19.7. The van der Waals surface area contributed by atoms with Gasteiger partial charge in [0, 0.05) is 18.2 Å². The summed E-state index contributed by atoms with van der Waals surface area (Å²) in [5.74, 6) is 2.77. The number of aliphatic hydroxyl groups is 1. The molecule has 0 bridgehead atoms. The number of hydrogen-bond donors (Lipinski definition) is 4. The Bertz CT molecular complexity index is 929. The smallest absolute Gasteiger partial charge is 0.171 e. The Labute approximate surface area is 190 Å². The van der Waals surface area contributed by atoms with Crippen molar-refractivity contribution in [3.63, 3.8) is 0 Å². The Kier molecular flexibility index (Phi) is 6.27. The molecule has 2 fully saturated rings. The molecule has 2 aliphatic rings. The van der Waals surface area contributed by atoms with Gasteiger partial charge in [0.15, 0.2) is 6.21 Å². The normalized spacial score (nSPS) is 26.7. The van der Waals surface area contributed by atoms with Crippen LogP contribution in [0.1, 0.15) is 64.5 Å². The predicted molar refractivity (Wildman–Crippen MR) is 126 cm³/mol. The van der Waals surface area contributed by atoms with Crippen molar-refractivity contribution in [2.75, 3.05) is 30.0 Å².